The van der Waals surface area contributed by atoms with Gasteiger partial charge in [-0.2, -0.15) is 5.10 Å². The molecule has 3 aromatic carbocycles. The number of rotatable bonds is 8. The molecule has 1 aliphatic rings. The van der Waals surface area contributed by atoms with Crippen LogP contribution in [0.15, 0.2) is 72.9 Å². The molecule has 7 nitrogen and oxygen atoms in total. The highest BCUT2D eigenvalue weighted by atomic mass is 19.1. The molecule has 0 aliphatic carbocycles. The van der Waals surface area contributed by atoms with Gasteiger partial charge < -0.3 is 10.1 Å². The fraction of sp³-hybridized carbons (Fsp3) is 0.242. The van der Waals surface area contributed by atoms with Gasteiger partial charge in [-0.3, -0.25) is 14.8 Å². The van der Waals surface area contributed by atoms with Crippen LogP contribution in [-0.2, 0) is 13.0 Å². The summed E-state index contributed by atoms with van der Waals surface area (Å²) in [6, 6.07) is 18.3. The number of hydrogen-bond donors (Lipinski definition) is 2. The summed E-state index contributed by atoms with van der Waals surface area (Å²) in [4.78, 5) is 19.9. The Morgan fingerprint density at radius 3 is 2.55 bits per heavy atom. The van der Waals surface area contributed by atoms with Crippen LogP contribution in [-0.4, -0.2) is 39.1 Å². The SMILES string of the molecule is CCc1c(F)cc(CN2CCCCC2)cc1-c1ccc2[nH]nc(C(=O)Nc3ccc(Oc4ccc(F)cc4)nc3)c2c1. The number of benzene rings is 3. The van der Waals surface area contributed by atoms with Crippen LogP contribution in [0, 0.1) is 11.6 Å². The molecule has 42 heavy (non-hydrogen) atoms. The number of halogens is 2. The highest BCUT2D eigenvalue weighted by Crippen LogP contribution is 2.32. The number of carbonyl (C=O) groups excluding carboxylic acids is 1. The van der Waals surface area contributed by atoms with E-state index in [9.17, 15) is 9.18 Å². The predicted octanol–water partition coefficient (Wildman–Crippen LogP) is 7.50. The summed E-state index contributed by atoms with van der Waals surface area (Å²) in [5.41, 5.74) is 4.65. The Morgan fingerprint density at radius 2 is 1.81 bits per heavy atom. The molecular weight excluding hydrogens is 536 g/mol. The first-order chi connectivity index (χ1) is 20.5. The predicted molar refractivity (Wildman–Crippen MR) is 159 cm³/mol. The topological polar surface area (TPSA) is 83.1 Å². The number of nitrogens with zero attached hydrogens (tertiary/aromatic N) is 3. The maximum Gasteiger partial charge on any atom is 0.276 e. The lowest BCUT2D eigenvalue weighted by atomic mass is 9.94. The molecule has 5 aromatic rings. The van der Waals surface area contributed by atoms with Gasteiger partial charge in [0.1, 0.15) is 17.4 Å². The van der Waals surface area contributed by atoms with Crippen molar-refractivity contribution in [3.05, 3.63) is 101 Å². The number of fused-ring (bicyclic) bond motifs is 1. The van der Waals surface area contributed by atoms with E-state index in [0.29, 0.717) is 40.2 Å². The normalized spacial score (nSPS) is 13.8. The van der Waals surface area contributed by atoms with Gasteiger partial charge in [0.15, 0.2) is 5.69 Å². The van der Waals surface area contributed by atoms with E-state index in [0.717, 1.165) is 36.3 Å². The summed E-state index contributed by atoms with van der Waals surface area (Å²) >= 11 is 0. The lowest BCUT2D eigenvalue weighted by molar-refractivity contribution is 0.102. The number of ether oxygens (including phenoxy) is 1. The van der Waals surface area contributed by atoms with Crippen molar-refractivity contribution in [2.75, 3.05) is 18.4 Å². The number of pyridine rings is 1. The summed E-state index contributed by atoms with van der Waals surface area (Å²) < 4.78 is 34.0. The van der Waals surface area contributed by atoms with Crippen LogP contribution in [0.25, 0.3) is 22.0 Å². The summed E-state index contributed by atoms with van der Waals surface area (Å²) in [6.45, 7) is 4.74. The van der Waals surface area contributed by atoms with Crippen molar-refractivity contribution >= 4 is 22.5 Å². The van der Waals surface area contributed by atoms with E-state index in [1.165, 1.54) is 49.7 Å². The molecule has 9 heteroatoms. The van der Waals surface area contributed by atoms with E-state index in [4.69, 9.17) is 4.74 Å². The standard InChI is InChI=1S/C33H31F2N5O2/c1-2-26-27(16-21(17-29(26)35)20-40-14-4-3-5-15-40)22-6-12-30-28(18-22)32(39-38-30)33(41)37-24-9-13-31(36-19-24)42-25-10-7-23(34)8-11-25/h6-13,16-19H,2-5,14-15,20H2,1H3,(H,37,41)(H,38,39). The van der Waals surface area contributed by atoms with Gasteiger partial charge in [0, 0.05) is 18.0 Å². The van der Waals surface area contributed by atoms with Gasteiger partial charge in [-0.05, 0) is 109 Å². The van der Waals surface area contributed by atoms with Crippen molar-refractivity contribution in [1.82, 2.24) is 20.1 Å². The quantitative estimate of drug-likeness (QED) is 0.203. The molecule has 0 unspecified atom stereocenters. The molecular formula is C33H31F2N5O2. The second-order valence-electron chi connectivity index (χ2n) is 10.5. The number of nitrogens with one attached hydrogen (secondary N) is 2. The number of carbonyl (C=O) groups is 1. The molecule has 0 saturated carbocycles. The van der Waals surface area contributed by atoms with Crippen LogP contribution in [0.3, 0.4) is 0 Å². The third-order valence-corrected chi connectivity index (χ3v) is 7.58. The van der Waals surface area contributed by atoms with Gasteiger partial charge >= 0.3 is 0 Å². The van der Waals surface area contributed by atoms with E-state index < -0.39 is 5.91 Å². The first-order valence-corrected chi connectivity index (χ1v) is 14.2. The highest BCUT2D eigenvalue weighted by Gasteiger charge is 2.19. The van der Waals surface area contributed by atoms with Crippen molar-refractivity contribution in [3.63, 3.8) is 0 Å². The molecule has 0 bridgehead atoms. The Kier molecular flexibility index (Phi) is 7.92. The Morgan fingerprint density at radius 1 is 1.00 bits per heavy atom. The maximum absolute atomic E-state index is 15.3. The number of H-pyrrole nitrogens is 1. The van der Waals surface area contributed by atoms with Crippen LogP contribution in [0.5, 0.6) is 11.6 Å². The summed E-state index contributed by atoms with van der Waals surface area (Å²) in [5.74, 6) is -0.218. The van der Waals surface area contributed by atoms with Crippen molar-refractivity contribution in [1.29, 1.82) is 0 Å². The summed E-state index contributed by atoms with van der Waals surface area (Å²) in [6.07, 6.45) is 5.62. The zero-order chi connectivity index (χ0) is 29.1. The molecule has 0 atom stereocenters. The molecule has 1 saturated heterocycles. The van der Waals surface area contributed by atoms with E-state index in [-0.39, 0.29) is 17.3 Å². The summed E-state index contributed by atoms with van der Waals surface area (Å²) in [5, 5.41) is 10.7. The molecule has 2 N–H and O–H groups in total. The van der Waals surface area contributed by atoms with Gasteiger partial charge in [-0.25, -0.2) is 13.8 Å². The molecule has 1 amide bonds. The largest absolute Gasteiger partial charge is 0.439 e. The summed E-state index contributed by atoms with van der Waals surface area (Å²) in [7, 11) is 0. The molecule has 214 valence electrons. The van der Waals surface area contributed by atoms with Gasteiger partial charge in [-0.1, -0.05) is 19.4 Å². The number of aromatic amines is 1. The Hall–Kier alpha value is -4.63. The minimum atomic E-state index is -0.409. The minimum absolute atomic E-state index is 0.202. The van der Waals surface area contributed by atoms with Gasteiger partial charge in [-0.15, -0.1) is 0 Å². The van der Waals surface area contributed by atoms with Crippen molar-refractivity contribution < 1.29 is 18.3 Å². The number of hydrogen-bond acceptors (Lipinski definition) is 5. The zero-order valence-electron chi connectivity index (χ0n) is 23.3. The number of piperidine rings is 1. The average molecular weight is 568 g/mol. The van der Waals surface area contributed by atoms with Crippen LogP contribution < -0.4 is 10.1 Å². The molecule has 3 heterocycles. The second kappa shape index (κ2) is 12.1. The highest BCUT2D eigenvalue weighted by molar-refractivity contribution is 6.11. The fourth-order valence-electron chi connectivity index (χ4n) is 5.46. The van der Waals surface area contributed by atoms with E-state index in [1.54, 1.807) is 18.2 Å². The third kappa shape index (κ3) is 6.01. The number of likely N-dealkylation sites (tertiary alicyclic amines) is 1. The number of anilines is 1. The Bertz CT molecular complexity index is 1710. The molecule has 0 radical (unpaired) electrons. The smallest absolute Gasteiger partial charge is 0.276 e. The molecule has 6 rings (SSSR count). The fourth-order valence-corrected chi connectivity index (χ4v) is 5.46. The van der Waals surface area contributed by atoms with Crippen molar-refractivity contribution in [3.8, 4) is 22.8 Å². The average Bonchev–Trinajstić information content (AvgIpc) is 3.43. The maximum atomic E-state index is 15.3. The zero-order valence-corrected chi connectivity index (χ0v) is 23.3. The number of aromatic nitrogens is 3. The van der Waals surface area contributed by atoms with Gasteiger partial charge in [0.2, 0.25) is 5.88 Å². The third-order valence-electron chi connectivity index (χ3n) is 7.58. The van der Waals surface area contributed by atoms with Crippen LogP contribution >= 0.6 is 0 Å². The number of amides is 1. The lowest BCUT2D eigenvalue weighted by Gasteiger charge is -2.27. The Labute approximate surface area is 242 Å². The lowest BCUT2D eigenvalue weighted by Crippen LogP contribution is -2.29. The van der Waals surface area contributed by atoms with Gasteiger partial charge in [0.25, 0.3) is 5.91 Å². The second-order valence-corrected chi connectivity index (χ2v) is 10.5. The molecule has 0 spiro atoms. The monoisotopic (exact) mass is 567 g/mol. The first-order valence-electron chi connectivity index (χ1n) is 14.2. The van der Waals surface area contributed by atoms with Crippen LogP contribution in [0.2, 0.25) is 0 Å². The van der Waals surface area contributed by atoms with E-state index >= 15 is 4.39 Å². The van der Waals surface area contributed by atoms with Crippen LogP contribution in [0.4, 0.5) is 14.5 Å². The van der Waals surface area contributed by atoms with Crippen molar-refractivity contribution in [2.45, 2.75) is 39.2 Å². The first kappa shape index (κ1) is 27.5. The minimum Gasteiger partial charge on any atom is -0.439 e. The Balaban J connectivity index is 1.23. The van der Waals surface area contributed by atoms with Crippen molar-refractivity contribution in [2.24, 2.45) is 0 Å². The molecule has 1 fully saturated rings. The molecule has 2 aromatic heterocycles. The van der Waals surface area contributed by atoms with Crippen LogP contribution in [0.1, 0.15) is 47.8 Å². The molecule has 1 aliphatic heterocycles. The van der Waals surface area contributed by atoms with E-state index in [1.807, 2.05) is 25.1 Å². The van der Waals surface area contributed by atoms with E-state index in [2.05, 4.69) is 31.5 Å². The van der Waals surface area contributed by atoms with Gasteiger partial charge in [0.05, 0.1) is 17.4 Å².